The molecule has 6 nitrogen and oxygen atoms in total. The number of aromatic nitrogens is 1. The molecule has 1 aliphatic heterocycles. The van der Waals surface area contributed by atoms with Gasteiger partial charge >= 0.3 is 0 Å². The molecule has 0 bridgehead atoms. The zero-order valence-corrected chi connectivity index (χ0v) is 15.0. The number of benzene rings is 1. The largest absolute Gasteiger partial charge is 0.504 e. The minimum atomic E-state index is -0.146. The average Bonchev–Trinajstić information content (AvgIpc) is 3.21. The van der Waals surface area contributed by atoms with Crippen LogP contribution in [-0.2, 0) is 4.79 Å². The van der Waals surface area contributed by atoms with E-state index < -0.39 is 0 Å². The number of hydrogen-bond donors (Lipinski definition) is 1. The van der Waals surface area contributed by atoms with Crippen LogP contribution in [0.3, 0.4) is 0 Å². The van der Waals surface area contributed by atoms with Crippen molar-refractivity contribution in [1.82, 2.24) is 9.88 Å². The Kier molecular flexibility index (Phi) is 5.20. The number of amides is 1. The number of thioether (sulfide) groups is 1. The first-order valence-electron chi connectivity index (χ1n) is 7.30. The molecule has 1 fully saturated rings. The number of aromatic hydroxyl groups is 1. The monoisotopic (exact) mass is 373 g/mol. The van der Waals surface area contributed by atoms with Crippen molar-refractivity contribution < 1.29 is 14.6 Å². The van der Waals surface area contributed by atoms with Gasteiger partial charge < -0.3 is 9.84 Å². The van der Waals surface area contributed by atoms with E-state index in [-0.39, 0.29) is 11.7 Å². The van der Waals surface area contributed by atoms with Crippen LogP contribution in [0.15, 0.2) is 52.3 Å². The summed E-state index contributed by atoms with van der Waals surface area (Å²) in [7, 11) is 1.48. The van der Waals surface area contributed by atoms with Crippen molar-refractivity contribution in [1.29, 1.82) is 0 Å². The summed E-state index contributed by atoms with van der Waals surface area (Å²) in [6.07, 6.45) is 5.07. The lowest BCUT2D eigenvalue weighted by atomic mass is 10.2. The third-order valence-corrected chi connectivity index (χ3v) is 4.98. The third kappa shape index (κ3) is 3.75. The van der Waals surface area contributed by atoms with Crippen molar-refractivity contribution in [2.75, 3.05) is 13.7 Å². The molecular weight excluding hydrogens is 358 g/mol. The van der Waals surface area contributed by atoms with E-state index in [4.69, 9.17) is 4.74 Å². The number of rotatable bonds is 5. The second kappa shape index (κ2) is 7.54. The lowest BCUT2D eigenvalue weighted by Crippen LogP contribution is -2.29. The summed E-state index contributed by atoms with van der Waals surface area (Å²) < 4.78 is 5.10. The highest BCUT2D eigenvalue weighted by Crippen LogP contribution is 2.35. The van der Waals surface area contributed by atoms with E-state index in [1.54, 1.807) is 35.4 Å². The van der Waals surface area contributed by atoms with Crippen LogP contribution < -0.4 is 4.74 Å². The highest BCUT2D eigenvalue weighted by molar-refractivity contribution is 8.18. The summed E-state index contributed by atoms with van der Waals surface area (Å²) in [5.41, 5.74) is 0.750. The number of carbonyl (C=O) groups is 1. The summed E-state index contributed by atoms with van der Waals surface area (Å²) in [4.78, 5) is 23.3. The normalized spacial score (nSPS) is 17.5. The van der Waals surface area contributed by atoms with Crippen LogP contribution in [0.4, 0.5) is 5.13 Å². The maximum Gasteiger partial charge on any atom is 0.267 e. The van der Waals surface area contributed by atoms with E-state index in [0.717, 1.165) is 5.56 Å². The Balaban J connectivity index is 1.94. The predicted octanol–water partition coefficient (Wildman–Crippen LogP) is 3.65. The number of thiazole rings is 1. The molecule has 1 amide bonds. The Morgan fingerprint density at radius 2 is 2.32 bits per heavy atom. The first kappa shape index (κ1) is 17.2. The fraction of sp³-hybridized carbons (Fsp3) is 0.118. The van der Waals surface area contributed by atoms with E-state index in [9.17, 15) is 9.90 Å². The molecular formula is C17H15N3O3S2. The molecule has 3 rings (SSSR count). The van der Waals surface area contributed by atoms with E-state index in [0.29, 0.717) is 27.5 Å². The maximum atomic E-state index is 12.7. The minimum absolute atomic E-state index is 0.0503. The Bertz CT molecular complexity index is 860. The fourth-order valence-electron chi connectivity index (χ4n) is 2.17. The number of hydrogen-bond acceptors (Lipinski definition) is 7. The molecule has 25 heavy (non-hydrogen) atoms. The number of carbonyl (C=O) groups excluding carboxylic acids is 1. The smallest absolute Gasteiger partial charge is 0.267 e. The van der Waals surface area contributed by atoms with Crippen LogP contribution in [0.25, 0.3) is 6.08 Å². The van der Waals surface area contributed by atoms with E-state index in [2.05, 4.69) is 16.6 Å². The average molecular weight is 373 g/mol. The Labute approximate surface area is 153 Å². The molecule has 1 N–H and O–H groups in total. The number of phenolic OH excluding ortho intramolecular Hbond substituents is 1. The predicted molar refractivity (Wildman–Crippen MR) is 101 cm³/mol. The Morgan fingerprint density at radius 1 is 1.48 bits per heavy atom. The lowest BCUT2D eigenvalue weighted by molar-refractivity contribution is -0.121. The van der Waals surface area contributed by atoms with E-state index in [1.807, 2.05) is 5.38 Å². The van der Waals surface area contributed by atoms with Gasteiger partial charge in [0.15, 0.2) is 16.7 Å². The highest BCUT2D eigenvalue weighted by atomic mass is 32.2. The zero-order valence-electron chi connectivity index (χ0n) is 13.4. The number of aliphatic imine (C=N–C) groups is 1. The molecule has 8 heteroatoms. The molecule has 0 unspecified atom stereocenters. The molecule has 128 valence electrons. The minimum Gasteiger partial charge on any atom is -0.504 e. The number of ether oxygens (including phenoxy) is 1. The van der Waals surface area contributed by atoms with E-state index >= 15 is 0 Å². The fourth-order valence-corrected chi connectivity index (χ4v) is 3.72. The first-order chi connectivity index (χ1) is 12.1. The van der Waals surface area contributed by atoms with Crippen LogP contribution in [0.2, 0.25) is 0 Å². The van der Waals surface area contributed by atoms with Gasteiger partial charge in [0.1, 0.15) is 0 Å². The van der Waals surface area contributed by atoms with Gasteiger partial charge in [0.25, 0.3) is 5.91 Å². The van der Waals surface area contributed by atoms with Crippen LogP contribution in [-0.4, -0.2) is 39.7 Å². The molecule has 1 aromatic heterocycles. The summed E-state index contributed by atoms with van der Waals surface area (Å²) in [6.45, 7) is 4.06. The number of amidine groups is 1. The maximum absolute atomic E-state index is 12.7. The van der Waals surface area contributed by atoms with Gasteiger partial charge in [-0.05, 0) is 35.5 Å². The molecule has 0 atom stereocenters. The van der Waals surface area contributed by atoms with Gasteiger partial charge in [0.2, 0.25) is 5.13 Å². The Hall–Kier alpha value is -2.58. The second-order valence-corrected chi connectivity index (χ2v) is 6.84. The summed E-state index contributed by atoms with van der Waals surface area (Å²) in [6, 6.07) is 4.91. The van der Waals surface area contributed by atoms with Gasteiger partial charge in [0, 0.05) is 18.1 Å². The van der Waals surface area contributed by atoms with Crippen molar-refractivity contribution in [3.05, 3.63) is 52.9 Å². The zero-order chi connectivity index (χ0) is 17.8. The van der Waals surface area contributed by atoms with Gasteiger partial charge in [-0.25, -0.2) is 4.98 Å². The molecule has 2 heterocycles. The quantitative estimate of drug-likeness (QED) is 0.640. The van der Waals surface area contributed by atoms with Gasteiger partial charge in [-0.15, -0.1) is 17.9 Å². The summed E-state index contributed by atoms with van der Waals surface area (Å²) in [5, 5.41) is 12.7. The van der Waals surface area contributed by atoms with Gasteiger partial charge in [0.05, 0.1) is 12.0 Å². The summed E-state index contributed by atoms with van der Waals surface area (Å²) in [5.74, 6) is 0.256. The molecule has 0 saturated carbocycles. The molecule has 0 radical (unpaired) electrons. The second-order valence-electron chi connectivity index (χ2n) is 4.96. The number of phenols is 1. The van der Waals surface area contributed by atoms with Gasteiger partial charge in [-0.1, -0.05) is 12.1 Å². The molecule has 1 saturated heterocycles. The first-order valence-corrected chi connectivity index (χ1v) is 8.99. The molecule has 0 aliphatic carbocycles. The van der Waals surface area contributed by atoms with Crippen molar-refractivity contribution in [3.63, 3.8) is 0 Å². The molecule has 1 aromatic carbocycles. The summed E-state index contributed by atoms with van der Waals surface area (Å²) >= 11 is 2.68. The van der Waals surface area contributed by atoms with Crippen molar-refractivity contribution >= 4 is 45.4 Å². The van der Waals surface area contributed by atoms with Crippen molar-refractivity contribution in [2.24, 2.45) is 4.99 Å². The molecule has 0 spiro atoms. The lowest BCUT2D eigenvalue weighted by Gasteiger charge is -2.11. The van der Waals surface area contributed by atoms with Gasteiger partial charge in [-0.2, -0.15) is 4.99 Å². The van der Waals surface area contributed by atoms with Crippen LogP contribution >= 0.6 is 23.1 Å². The van der Waals surface area contributed by atoms with Crippen LogP contribution in [0.5, 0.6) is 11.5 Å². The number of nitrogens with zero attached hydrogens (tertiary/aromatic N) is 3. The SMILES string of the molecule is C=CCN1C(=O)/C(=C/c2ccc(O)c(OC)c2)SC1=Nc1nccs1. The third-order valence-electron chi connectivity index (χ3n) is 3.31. The highest BCUT2D eigenvalue weighted by Gasteiger charge is 2.32. The van der Waals surface area contributed by atoms with Crippen molar-refractivity contribution in [2.45, 2.75) is 0 Å². The molecule has 1 aliphatic rings. The molecule has 2 aromatic rings. The Morgan fingerprint density at radius 3 is 3.00 bits per heavy atom. The van der Waals surface area contributed by atoms with Crippen LogP contribution in [0, 0.1) is 0 Å². The van der Waals surface area contributed by atoms with Crippen molar-refractivity contribution in [3.8, 4) is 11.5 Å². The standard InChI is InChI=1S/C17H15N3O3S2/c1-3-7-20-15(22)14(25-17(20)19-16-18-6-8-24-16)10-11-4-5-12(21)13(9-11)23-2/h3-6,8-10,21H,1,7H2,2H3/b14-10-,19-17?. The van der Waals surface area contributed by atoms with Gasteiger partial charge in [-0.3, -0.25) is 9.69 Å². The van der Waals surface area contributed by atoms with Crippen LogP contribution in [0.1, 0.15) is 5.56 Å². The topological polar surface area (TPSA) is 75.0 Å². The van der Waals surface area contributed by atoms with E-state index in [1.165, 1.54) is 36.3 Å². The number of methoxy groups -OCH3 is 1.